The normalized spacial score (nSPS) is 11.1. The highest BCUT2D eigenvalue weighted by atomic mass is 16.3. The summed E-state index contributed by atoms with van der Waals surface area (Å²) in [5.74, 6) is -0.172. The molecule has 0 aromatic heterocycles. The summed E-state index contributed by atoms with van der Waals surface area (Å²) in [6.07, 6.45) is 0. The second-order valence-corrected chi connectivity index (χ2v) is 2.87. The van der Waals surface area contributed by atoms with Crippen molar-refractivity contribution >= 4 is 11.7 Å². The number of hydrazone groups is 1. The highest BCUT2D eigenvalue weighted by Crippen LogP contribution is 2.22. The lowest BCUT2D eigenvalue weighted by atomic mass is 10.1. The number of carbonyl (C=O) groups is 1. The number of hydrogen-bond donors (Lipinski definition) is 4. The monoisotopic (exact) mass is 209 g/mol. The zero-order valence-electron chi connectivity index (χ0n) is 8.06. The lowest BCUT2D eigenvalue weighted by Gasteiger charge is -2.04. The maximum atomic E-state index is 10.4. The lowest BCUT2D eigenvalue weighted by Crippen LogP contribution is -2.25. The van der Waals surface area contributed by atoms with Crippen molar-refractivity contribution in [3.63, 3.8) is 0 Å². The molecule has 0 aliphatic rings. The van der Waals surface area contributed by atoms with Gasteiger partial charge in [-0.25, -0.2) is 10.2 Å². The summed E-state index contributed by atoms with van der Waals surface area (Å²) < 4.78 is 0. The van der Waals surface area contributed by atoms with Gasteiger partial charge in [-0.3, -0.25) is 0 Å². The van der Waals surface area contributed by atoms with Crippen molar-refractivity contribution in [2.24, 2.45) is 10.8 Å². The fourth-order valence-electron chi connectivity index (χ4n) is 1.03. The SMILES string of the molecule is C/C(=N\NC(N)=O)c1ccc(O)cc1O. The molecule has 0 saturated heterocycles. The first-order valence-electron chi connectivity index (χ1n) is 4.13. The van der Waals surface area contributed by atoms with Crippen LogP contribution in [0.3, 0.4) is 0 Å². The Bertz CT molecular complexity index is 415. The van der Waals surface area contributed by atoms with Gasteiger partial charge in [-0.1, -0.05) is 0 Å². The highest BCUT2D eigenvalue weighted by Gasteiger charge is 2.05. The molecule has 0 heterocycles. The molecule has 0 unspecified atom stereocenters. The van der Waals surface area contributed by atoms with Crippen molar-refractivity contribution < 1.29 is 15.0 Å². The molecule has 0 saturated carbocycles. The molecule has 6 nitrogen and oxygen atoms in total. The third kappa shape index (κ3) is 2.87. The van der Waals surface area contributed by atoms with Gasteiger partial charge in [0, 0.05) is 11.6 Å². The zero-order chi connectivity index (χ0) is 11.4. The number of hydrogen-bond acceptors (Lipinski definition) is 4. The fraction of sp³-hybridized carbons (Fsp3) is 0.111. The van der Waals surface area contributed by atoms with E-state index < -0.39 is 6.03 Å². The Labute approximate surface area is 86.0 Å². The quantitative estimate of drug-likeness (QED) is 0.420. The van der Waals surface area contributed by atoms with E-state index in [4.69, 9.17) is 10.8 Å². The van der Waals surface area contributed by atoms with E-state index in [9.17, 15) is 9.90 Å². The predicted octanol–water partition coefficient (Wildman–Crippen LogP) is 0.490. The first kappa shape index (κ1) is 10.8. The minimum atomic E-state index is -0.785. The first-order chi connectivity index (χ1) is 7.00. The Morgan fingerprint density at radius 2 is 2.13 bits per heavy atom. The molecular formula is C9H11N3O3. The second-order valence-electron chi connectivity index (χ2n) is 2.87. The number of nitrogens with zero attached hydrogens (tertiary/aromatic N) is 1. The van der Waals surface area contributed by atoms with E-state index in [1.807, 2.05) is 5.43 Å². The summed E-state index contributed by atoms with van der Waals surface area (Å²) >= 11 is 0. The molecule has 80 valence electrons. The van der Waals surface area contributed by atoms with Crippen LogP contribution in [0.1, 0.15) is 12.5 Å². The van der Waals surface area contributed by atoms with Crippen molar-refractivity contribution in [3.8, 4) is 11.5 Å². The van der Waals surface area contributed by atoms with Crippen LogP contribution in [0, 0.1) is 0 Å². The van der Waals surface area contributed by atoms with Crippen LogP contribution < -0.4 is 11.2 Å². The Balaban J connectivity index is 2.95. The summed E-state index contributed by atoms with van der Waals surface area (Å²) in [5.41, 5.74) is 7.65. The van der Waals surface area contributed by atoms with Gasteiger partial charge in [0.15, 0.2) is 0 Å². The van der Waals surface area contributed by atoms with Crippen LogP contribution in [0.25, 0.3) is 0 Å². The van der Waals surface area contributed by atoms with Gasteiger partial charge < -0.3 is 15.9 Å². The van der Waals surface area contributed by atoms with Gasteiger partial charge in [-0.05, 0) is 19.1 Å². The van der Waals surface area contributed by atoms with Gasteiger partial charge in [0.1, 0.15) is 11.5 Å². The number of amides is 2. The molecule has 0 radical (unpaired) electrons. The van der Waals surface area contributed by atoms with Crippen LogP contribution in [0.5, 0.6) is 11.5 Å². The maximum absolute atomic E-state index is 10.4. The van der Waals surface area contributed by atoms with E-state index in [1.165, 1.54) is 18.2 Å². The molecule has 1 aromatic carbocycles. The number of carbonyl (C=O) groups excluding carboxylic acids is 1. The molecule has 0 aliphatic carbocycles. The smallest absolute Gasteiger partial charge is 0.332 e. The van der Waals surface area contributed by atoms with Crippen LogP contribution in [-0.2, 0) is 0 Å². The van der Waals surface area contributed by atoms with E-state index in [0.717, 1.165) is 0 Å². The maximum Gasteiger partial charge on any atom is 0.332 e. The van der Waals surface area contributed by atoms with Crippen molar-refractivity contribution in [2.75, 3.05) is 0 Å². The van der Waals surface area contributed by atoms with Crippen LogP contribution >= 0.6 is 0 Å². The number of nitrogens with two attached hydrogens (primary N) is 1. The van der Waals surface area contributed by atoms with Gasteiger partial charge in [-0.2, -0.15) is 5.10 Å². The van der Waals surface area contributed by atoms with Crippen LogP contribution in [0.2, 0.25) is 0 Å². The Morgan fingerprint density at radius 1 is 1.47 bits per heavy atom. The van der Waals surface area contributed by atoms with Crippen LogP contribution in [0.4, 0.5) is 4.79 Å². The Kier molecular flexibility index (Phi) is 3.12. The largest absolute Gasteiger partial charge is 0.508 e. The number of primary amides is 1. The van der Waals surface area contributed by atoms with E-state index in [0.29, 0.717) is 11.3 Å². The number of aromatic hydroxyl groups is 2. The van der Waals surface area contributed by atoms with E-state index in [1.54, 1.807) is 6.92 Å². The third-order valence-electron chi connectivity index (χ3n) is 1.70. The Morgan fingerprint density at radius 3 is 2.67 bits per heavy atom. The first-order valence-corrected chi connectivity index (χ1v) is 4.13. The zero-order valence-corrected chi connectivity index (χ0v) is 8.06. The molecule has 15 heavy (non-hydrogen) atoms. The number of phenolic OH excluding ortho intramolecular Hbond substituents is 2. The van der Waals surface area contributed by atoms with Crippen molar-refractivity contribution in [2.45, 2.75) is 6.92 Å². The molecule has 1 rings (SSSR count). The molecule has 0 aliphatic heterocycles. The molecule has 5 N–H and O–H groups in total. The van der Waals surface area contributed by atoms with Crippen LogP contribution in [0.15, 0.2) is 23.3 Å². The van der Waals surface area contributed by atoms with Gasteiger partial charge in [0.05, 0.1) is 5.71 Å². The van der Waals surface area contributed by atoms with Crippen molar-refractivity contribution in [1.82, 2.24) is 5.43 Å². The molecule has 0 fully saturated rings. The van der Waals surface area contributed by atoms with Gasteiger partial charge in [0.25, 0.3) is 0 Å². The van der Waals surface area contributed by atoms with Crippen LogP contribution in [-0.4, -0.2) is 22.0 Å². The number of rotatable bonds is 2. The topological polar surface area (TPSA) is 108 Å². The summed E-state index contributed by atoms with van der Waals surface area (Å²) in [7, 11) is 0. The molecule has 0 spiro atoms. The molecule has 1 aromatic rings. The summed E-state index contributed by atoms with van der Waals surface area (Å²) in [4.78, 5) is 10.4. The fourth-order valence-corrected chi connectivity index (χ4v) is 1.03. The minimum Gasteiger partial charge on any atom is -0.508 e. The minimum absolute atomic E-state index is 0.0492. The molecule has 0 atom stereocenters. The van der Waals surface area contributed by atoms with Gasteiger partial charge in [0.2, 0.25) is 0 Å². The highest BCUT2D eigenvalue weighted by molar-refractivity contribution is 6.01. The van der Waals surface area contributed by atoms with Crippen molar-refractivity contribution in [3.05, 3.63) is 23.8 Å². The van der Waals surface area contributed by atoms with E-state index in [2.05, 4.69) is 5.10 Å². The predicted molar refractivity (Wildman–Crippen MR) is 54.7 cm³/mol. The van der Waals surface area contributed by atoms with Gasteiger partial charge >= 0.3 is 6.03 Å². The molecule has 6 heteroatoms. The van der Waals surface area contributed by atoms with E-state index >= 15 is 0 Å². The molecule has 0 bridgehead atoms. The third-order valence-corrected chi connectivity index (χ3v) is 1.70. The molecular weight excluding hydrogens is 198 g/mol. The average Bonchev–Trinajstić information content (AvgIpc) is 2.14. The average molecular weight is 209 g/mol. The standard InChI is InChI=1S/C9H11N3O3/c1-5(11-12-9(10)15)7-3-2-6(13)4-8(7)14/h2-4,13-14H,1H3,(H3,10,12,15)/b11-5+. The molecule has 2 amide bonds. The summed E-state index contributed by atoms with van der Waals surface area (Å²) in [6.45, 7) is 1.59. The lowest BCUT2D eigenvalue weighted by molar-refractivity contribution is 0.249. The number of nitrogens with one attached hydrogen (secondary N) is 1. The Hall–Kier alpha value is -2.24. The summed E-state index contributed by atoms with van der Waals surface area (Å²) in [6, 6.07) is 3.27. The number of urea groups is 1. The number of benzene rings is 1. The van der Waals surface area contributed by atoms with E-state index in [-0.39, 0.29) is 11.5 Å². The summed E-state index contributed by atoms with van der Waals surface area (Å²) in [5, 5.41) is 22.1. The second kappa shape index (κ2) is 4.32. The van der Waals surface area contributed by atoms with Crippen molar-refractivity contribution in [1.29, 1.82) is 0 Å². The number of phenols is 2. The van der Waals surface area contributed by atoms with Gasteiger partial charge in [-0.15, -0.1) is 0 Å².